The van der Waals surface area contributed by atoms with Crippen LogP contribution in [-0.4, -0.2) is 17.1 Å². The SMILES string of the molecule is COc1ncnc(Oc2cccc(S(F)(F)(F)(F)F)c2)c1N. The van der Waals surface area contributed by atoms with Crippen molar-refractivity contribution in [3.05, 3.63) is 30.6 Å². The highest BCUT2D eigenvalue weighted by Gasteiger charge is 2.65. The first-order valence-corrected chi connectivity index (χ1v) is 7.52. The molecule has 0 aliphatic heterocycles. The van der Waals surface area contributed by atoms with Gasteiger partial charge in [-0.15, -0.1) is 0 Å². The fraction of sp³-hybridized carbons (Fsp3) is 0.0909. The van der Waals surface area contributed by atoms with Crippen molar-refractivity contribution in [3.63, 3.8) is 0 Å². The second-order valence-electron chi connectivity index (χ2n) is 4.15. The van der Waals surface area contributed by atoms with E-state index in [1.807, 2.05) is 0 Å². The van der Waals surface area contributed by atoms with Gasteiger partial charge in [0.05, 0.1) is 7.11 Å². The van der Waals surface area contributed by atoms with Crippen LogP contribution in [0.1, 0.15) is 0 Å². The van der Waals surface area contributed by atoms with Crippen molar-refractivity contribution in [2.24, 2.45) is 0 Å². The number of nitrogens with two attached hydrogens (primary N) is 1. The second-order valence-corrected chi connectivity index (χ2v) is 6.56. The number of anilines is 1. The number of hydrogen-bond acceptors (Lipinski definition) is 5. The molecule has 0 saturated heterocycles. The third-order valence-corrected chi connectivity index (χ3v) is 3.61. The van der Waals surface area contributed by atoms with Crippen molar-refractivity contribution in [1.29, 1.82) is 0 Å². The van der Waals surface area contributed by atoms with Crippen LogP contribution in [0.25, 0.3) is 0 Å². The summed E-state index contributed by atoms with van der Waals surface area (Å²) < 4.78 is 73.5. The van der Waals surface area contributed by atoms with Gasteiger partial charge < -0.3 is 15.2 Å². The van der Waals surface area contributed by atoms with Gasteiger partial charge in [-0.1, -0.05) is 25.5 Å². The first kappa shape index (κ1) is 16.1. The van der Waals surface area contributed by atoms with E-state index in [4.69, 9.17) is 15.2 Å². The third kappa shape index (κ3) is 3.47. The number of methoxy groups -OCH3 is 1. The lowest BCUT2D eigenvalue weighted by Gasteiger charge is -2.40. The average molecular weight is 343 g/mol. The number of aromatic nitrogens is 2. The molecule has 122 valence electrons. The Balaban J connectivity index is 2.42. The first-order chi connectivity index (χ1) is 9.90. The fourth-order valence-electron chi connectivity index (χ4n) is 1.50. The van der Waals surface area contributed by atoms with Crippen molar-refractivity contribution in [3.8, 4) is 17.5 Å². The Hall–Kier alpha value is -2.30. The minimum absolute atomic E-state index is 0.0612. The van der Waals surface area contributed by atoms with Crippen LogP contribution in [0.15, 0.2) is 35.5 Å². The Morgan fingerprint density at radius 1 is 1.05 bits per heavy atom. The molecule has 1 aromatic heterocycles. The monoisotopic (exact) mass is 343 g/mol. The van der Waals surface area contributed by atoms with Gasteiger partial charge in [0.25, 0.3) is 0 Å². The lowest BCUT2D eigenvalue weighted by molar-refractivity contribution is 0.362. The normalized spacial score (nSPS) is 14.8. The van der Waals surface area contributed by atoms with Crippen molar-refractivity contribution < 1.29 is 28.9 Å². The highest BCUT2D eigenvalue weighted by molar-refractivity contribution is 8.45. The fourth-order valence-corrected chi connectivity index (χ4v) is 2.17. The van der Waals surface area contributed by atoms with Gasteiger partial charge in [0.2, 0.25) is 11.8 Å². The van der Waals surface area contributed by atoms with Crippen molar-refractivity contribution in [2.75, 3.05) is 12.8 Å². The molecular formula is C11H10F5N3O2S. The maximum absolute atomic E-state index is 12.7. The molecular weight excluding hydrogens is 333 g/mol. The van der Waals surface area contributed by atoms with E-state index in [9.17, 15) is 19.4 Å². The summed E-state index contributed by atoms with van der Waals surface area (Å²) in [7, 11) is -8.53. The minimum atomic E-state index is -9.79. The van der Waals surface area contributed by atoms with E-state index >= 15 is 0 Å². The Kier molecular flexibility index (Phi) is 3.18. The Morgan fingerprint density at radius 3 is 2.27 bits per heavy atom. The Bertz CT molecular complexity index is 723. The maximum atomic E-state index is 12.7. The van der Waals surface area contributed by atoms with Crippen LogP contribution in [0, 0.1) is 0 Å². The van der Waals surface area contributed by atoms with Gasteiger partial charge in [-0.2, -0.15) is 9.97 Å². The maximum Gasteiger partial charge on any atom is 0.310 e. The molecule has 22 heavy (non-hydrogen) atoms. The van der Waals surface area contributed by atoms with Crippen LogP contribution < -0.4 is 15.2 Å². The van der Waals surface area contributed by atoms with E-state index in [2.05, 4.69) is 9.97 Å². The standard InChI is InChI=1S/C11H10F5N3O2S/c1-20-10-9(17)11(19-6-18-10)21-7-3-2-4-8(5-7)22(12,13,14,15)16/h2-6H,17H2,1H3. The van der Waals surface area contributed by atoms with Crippen molar-refractivity contribution in [1.82, 2.24) is 9.97 Å². The Labute approximate surface area is 121 Å². The van der Waals surface area contributed by atoms with Gasteiger partial charge >= 0.3 is 10.2 Å². The van der Waals surface area contributed by atoms with Gasteiger partial charge in [-0.3, -0.25) is 0 Å². The van der Waals surface area contributed by atoms with Crippen molar-refractivity contribution in [2.45, 2.75) is 4.90 Å². The lowest BCUT2D eigenvalue weighted by atomic mass is 10.3. The summed E-state index contributed by atoms with van der Waals surface area (Å²) in [6.45, 7) is 0. The number of ether oxygens (including phenoxy) is 2. The van der Waals surface area contributed by atoms with Crippen LogP contribution in [0.2, 0.25) is 0 Å². The van der Waals surface area contributed by atoms with E-state index < -0.39 is 20.9 Å². The molecule has 2 N–H and O–H groups in total. The van der Waals surface area contributed by atoms with Gasteiger partial charge in [0.1, 0.15) is 17.0 Å². The quantitative estimate of drug-likeness (QED) is 0.827. The van der Waals surface area contributed by atoms with Crippen LogP contribution in [0.5, 0.6) is 17.5 Å². The van der Waals surface area contributed by atoms with E-state index in [-0.39, 0.29) is 29.6 Å². The first-order valence-electron chi connectivity index (χ1n) is 5.57. The zero-order chi connectivity index (χ0) is 16.7. The Morgan fingerprint density at radius 2 is 1.68 bits per heavy atom. The molecule has 5 nitrogen and oxygen atoms in total. The number of benzene rings is 1. The van der Waals surface area contributed by atoms with Gasteiger partial charge in [-0.25, -0.2) is 0 Å². The molecule has 0 aliphatic carbocycles. The van der Waals surface area contributed by atoms with Gasteiger partial charge in [-0.05, 0) is 12.1 Å². The molecule has 2 aromatic rings. The highest BCUT2D eigenvalue weighted by Crippen LogP contribution is 3.02. The number of rotatable bonds is 4. The summed E-state index contributed by atoms with van der Waals surface area (Å²) in [4.78, 5) is 5.18. The van der Waals surface area contributed by atoms with Gasteiger partial charge in [0.15, 0.2) is 5.69 Å². The summed E-state index contributed by atoms with van der Waals surface area (Å²) >= 11 is 0. The molecule has 1 aromatic carbocycles. The predicted octanol–water partition coefficient (Wildman–Crippen LogP) is 4.52. The molecule has 0 atom stereocenters. The van der Waals surface area contributed by atoms with E-state index in [0.717, 1.165) is 18.5 Å². The summed E-state index contributed by atoms with van der Waals surface area (Å²) in [5.74, 6) is -0.877. The molecule has 2 rings (SSSR count). The molecule has 0 fully saturated rings. The van der Waals surface area contributed by atoms with Gasteiger partial charge in [0, 0.05) is 6.07 Å². The number of nitrogens with zero attached hydrogens (tertiary/aromatic N) is 2. The minimum Gasteiger partial charge on any atom is -0.479 e. The summed E-state index contributed by atoms with van der Waals surface area (Å²) in [6.07, 6.45) is 0.999. The molecule has 0 amide bonds. The van der Waals surface area contributed by atoms with Crippen molar-refractivity contribution >= 4 is 15.9 Å². The molecule has 0 saturated carbocycles. The smallest absolute Gasteiger partial charge is 0.310 e. The van der Waals surface area contributed by atoms with Crippen LogP contribution >= 0.6 is 10.2 Å². The molecule has 11 heteroatoms. The summed E-state index contributed by atoms with van der Waals surface area (Å²) in [5.41, 5.74) is 5.40. The average Bonchev–Trinajstić information content (AvgIpc) is 2.39. The molecule has 0 bridgehead atoms. The lowest BCUT2D eigenvalue weighted by Crippen LogP contribution is -2.06. The topological polar surface area (TPSA) is 70.3 Å². The molecule has 0 aliphatic rings. The third-order valence-electron chi connectivity index (χ3n) is 2.47. The van der Waals surface area contributed by atoms with Crippen LogP contribution in [0.4, 0.5) is 25.1 Å². The molecule has 0 radical (unpaired) electrons. The molecule has 0 spiro atoms. The van der Waals surface area contributed by atoms with E-state index in [1.54, 1.807) is 0 Å². The second kappa shape index (κ2) is 4.35. The summed E-state index contributed by atoms with van der Waals surface area (Å²) in [5, 5.41) is 0. The molecule has 1 heterocycles. The summed E-state index contributed by atoms with van der Waals surface area (Å²) in [6, 6.07) is 2.28. The predicted molar refractivity (Wildman–Crippen MR) is 70.9 cm³/mol. The zero-order valence-corrected chi connectivity index (χ0v) is 11.8. The number of hydrogen-bond donors (Lipinski definition) is 1. The number of nitrogen functional groups attached to an aromatic ring is 1. The zero-order valence-electron chi connectivity index (χ0n) is 11.0. The van der Waals surface area contributed by atoms with E-state index in [1.165, 1.54) is 7.11 Å². The molecule has 0 unspecified atom stereocenters. The van der Waals surface area contributed by atoms with E-state index in [0.29, 0.717) is 0 Å². The largest absolute Gasteiger partial charge is 0.479 e. The van der Waals surface area contributed by atoms with Crippen LogP contribution in [0.3, 0.4) is 0 Å². The van der Waals surface area contributed by atoms with Crippen LogP contribution in [-0.2, 0) is 0 Å². The number of halogens is 5. The highest BCUT2D eigenvalue weighted by atomic mass is 32.5.